The molecule has 6 nitrogen and oxygen atoms in total. The zero-order valence-corrected chi connectivity index (χ0v) is 19.2. The number of halogens is 3. The first-order valence-corrected chi connectivity index (χ1v) is 12.7. The Balaban J connectivity index is 1.59. The molecule has 0 aromatic heterocycles. The van der Waals surface area contributed by atoms with Crippen LogP contribution in [0.2, 0.25) is 15.1 Å². The number of ether oxygens (including phenoxy) is 1. The number of anilines is 1. The van der Waals surface area contributed by atoms with Gasteiger partial charge in [-0.1, -0.05) is 46.6 Å². The lowest BCUT2D eigenvalue weighted by molar-refractivity contribution is -0.119. The van der Waals surface area contributed by atoms with E-state index in [1.807, 2.05) is 0 Å². The number of thioether (sulfide) groups is 1. The summed E-state index contributed by atoms with van der Waals surface area (Å²) in [6.45, 7) is -0.267. The van der Waals surface area contributed by atoms with Crippen LogP contribution in [0.1, 0.15) is 0 Å². The van der Waals surface area contributed by atoms with Gasteiger partial charge in [0.25, 0.3) is 5.91 Å². The van der Waals surface area contributed by atoms with E-state index < -0.39 is 15.7 Å². The van der Waals surface area contributed by atoms with Gasteiger partial charge >= 0.3 is 0 Å². The number of fused-ring (bicyclic) bond motifs is 1. The van der Waals surface area contributed by atoms with E-state index in [-0.39, 0.29) is 29.4 Å². The molecule has 0 aliphatic carbocycles. The summed E-state index contributed by atoms with van der Waals surface area (Å²) in [5.41, 5.74) is 0.520. The number of amides is 1. The molecule has 2 heterocycles. The summed E-state index contributed by atoms with van der Waals surface area (Å²) >= 11 is 19.6. The number of benzene rings is 2. The lowest BCUT2D eigenvalue weighted by Gasteiger charge is -2.25. The Morgan fingerprint density at radius 3 is 2.53 bits per heavy atom. The zero-order chi connectivity index (χ0) is 21.5. The van der Waals surface area contributed by atoms with Crippen LogP contribution in [0.15, 0.2) is 47.5 Å². The fourth-order valence-electron chi connectivity index (χ4n) is 3.33. The van der Waals surface area contributed by atoms with Crippen LogP contribution in [0, 0.1) is 0 Å². The topological polar surface area (TPSA) is 76.0 Å². The van der Waals surface area contributed by atoms with Crippen molar-refractivity contribution in [3.05, 3.63) is 57.5 Å². The summed E-state index contributed by atoms with van der Waals surface area (Å²) in [6, 6.07) is 11.2. The molecule has 2 aliphatic rings. The van der Waals surface area contributed by atoms with Gasteiger partial charge in [0.2, 0.25) is 0 Å². The molecule has 11 heteroatoms. The Morgan fingerprint density at radius 2 is 1.80 bits per heavy atom. The molecule has 4 rings (SSSR count). The maximum absolute atomic E-state index is 12.5. The van der Waals surface area contributed by atoms with Gasteiger partial charge < -0.3 is 9.64 Å². The van der Waals surface area contributed by atoms with E-state index in [4.69, 9.17) is 39.5 Å². The maximum atomic E-state index is 12.5. The number of nitrogens with zero attached hydrogens (tertiary/aromatic N) is 2. The minimum Gasteiger partial charge on any atom is -0.484 e. The molecule has 0 saturated carbocycles. The van der Waals surface area contributed by atoms with Gasteiger partial charge in [-0.05, 0) is 42.5 Å². The largest absolute Gasteiger partial charge is 0.484 e. The molecule has 0 bridgehead atoms. The van der Waals surface area contributed by atoms with Crippen LogP contribution in [0.3, 0.4) is 0 Å². The number of sulfone groups is 1. The first kappa shape index (κ1) is 21.8. The standard InChI is InChI=1S/C19H15Cl3N2O4S2/c20-11-1-4-13(5-2-11)28-8-18(25)23-19-24(15-7-12(21)3-6-14(15)22)16-9-30(26,27)10-17(16)29-19/h1-7,16-17H,8-10H2. The molecule has 2 aromatic rings. The monoisotopic (exact) mass is 504 g/mol. The first-order chi connectivity index (χ1) is 14.2. The van der Waals surface area contributed by atoms with E-state index >= 15 is 0 Å². The third kappa shape index (κ3) is 4.73. The molecule has 2 unspecified atom stereocenters. The van der Waals surface area contributed by atoms with Crippen LogP contribution in [-0.4, -0.2) is 48.9 Å². The highest BCUT2D eigenvalue weighted by Gasteiger charge is 2.49. The number of hydrogen-bond donors (Lipinski definition) is 0. The number of rotatable bonds is 4. The van der Waals surface area contributed by atoms with Crippen molar-refractivity contribution in [2.24, 2.45) is 4.99 Å². The molecule has 0 N–H and O–H groups in total. The van der Waals surface area contributed by atoms with Gasteiger partial charge in [0.15, 0.2) is 21.6 Å². The summed E-state index contributed by atoms with van der Waals surface area (Å²) in [6.07, 6.45) is 0. The third-order valence-electron chi connectivity index (χ3n) is 4.63. The number of aliphatic imine (C=N–C) groups is 1. The Kier molecular flexibility index (Phi) is 6.23. The molecule has 1 amide bonds. The van der Waals surface area contributed by atoms with Crippen molar-refractivity contribution in [1.29, 1.82) is 0 Å². The second-order valence-corrected chi connectivity index (χ2v) is 11.4. The van der Waals surface area contributed by atoms with Crippen molar-refractivity contribution in [3.8, 4) is 5.75 Å². The second-order valence-electron chi connectivity index (χ2n) is 6.80. The van der Waals surface area contributed by atoms with E-state index in [0.717, 1.165) is 0 Å². The van der Waals surface area contributed by atoms with Gasteiger partial charge in [0.05, 0.1) is 28.3 Å². The highest BCUT2D eigenvalue weighted by Crippen LogP contribution is 2.43. The smallest absolute Gasteiger partial charge is 0.285 e. The lowest BCUT2D eigenvalue weighted by atomic mass is 10.2. The molecule has 2 fully saturated rings. The van der Waals surface area contributed by atoms with Crippen LogP contribution >= 0.6 is 46.6 Å². The molecule has 2 aliphatic heterocycles. The molecule has 30 heavy (non-hydrogen) atoms. The fourth-order valence-corrected chi connectivity index (χ4v) is 7.76. The molecule has 158 valence electrons. The highest BCUT2D eigenvalue weighted by molar-refractivity contribution is 8.16. The Morgan fingerprint density at radius 1 is 1.10 bits per heavy atom. The molecule has 0 spiro atoms. The summed E-state index contributed by atoms with van der Waals surface area (Å²) in [7, 11) is -3.19. The third-order valence-corrected chi connectivity index (χ3v) is 8.65. The SMILES string of the molecule is O=C(COc1ccc(Cl)cc1)N=C1SC2CS(=O)(=O)CC2N1c1cc(Cl)ccc1Cl. The van der Waals surface area contributed by atoms with Crippen molar-refractivity contribution >= 4 is 73.2 Å². The fraction of sp³-hybridized carbons (Fsp3) is 0.263. The van der Waals surface area contributed by atoms with Crippen LogP contribution < -0.4 is 9.64 Å². The Labute approximate surface area is 193 Å². The molecule has 0 radical (unpaired) electrons. The molecular formula is C19H15Cl3N2O4S2. The quantitative estimate of drug-likeness (QED) is 0.616. The summed E-state index contributed by atoms with van der Waals surface area (Å²) < 4.78 is 29.8. The first-order valence-electron chi connectivity index (χ1n) is 8.83. The van der Waals surface area contributed by atoms with Crippen molar-refractivity contribution in [2.75, 3.05) is 23.0 Å². The van der Waals surface area contributed by atoms with E-state index in [2.05, 4.69) is 4.99 Å². The summed E-state index contributed by atoms with van der Waals surface area (Å²) in [5.74, 6) is -0.0313. The molecule has 2 atom stereocenters. The van der Waals surface area contributed by atoms with E-state index in [9.17, 15) is 13.2 Å². The van der Waals surface area contributed by atoms with Crippen LogP contribution in [0.5, 0.6) is 5.75 Å². The van der Waals surface area contributed by atoms with Crippen LogP contribution in [0.4, 0.5) is 5.69 Å². The second kappa shape index (κ2) is 8.59. The predicted molar refractivity (Wildman–Crippen MR) is 122 cm³/mol. The summed E-state index contributed by atoms with van der Waals surface area (Å²) in [4.78, 5) is 18.3. The zero-order valence-electron chi connectivity index (χ0n) is 15.3. The highest BCUT2D eigenvalue weighted by atomic mass is 35.5. The van der Waals surface area contributed by atoms with E-state index in [0.29, 0.717) is 31.7 Å². The van der Waals surface area contributed by atoms with Gasteiger partial charge in [0, 0.05) is 15.3 Å². The average molecular weight is 506 g/mol. The number of amidine groups is 1. The van der Waals surface area contributed by atoms with Gasteiger partial charge in [-0.2, -0.15) is 4.99 Å². The Hall–Kier alpha value is -1.45. The molecular weight excluding hydrogens is 491 g/mol. The van der Waals surface area contributed by atoms with Crippen molar-refractivity contribution in [3.63, 3.8) is 0 Å². The molecule has 2 aromatic carbocycles. The van der Waals surface area contributed by atoms with Gasteiger partial charge in [-0.3, -0.25) is 4.79 Å². The minimum absolute atomic E-state index is 0.0193. The normalized spacial score (nSPS) is 23.6. The van der Waals surface area contributed by atoms with Crippen LogP contribution in [-0.2, 0) is 14.6 Å². The predicted octanol–water partition coefficient (Wildman–Crippen LogP) is 4.33. The van der Waals surface area contributed by atoms with Crippen molar-refractivity contribution in [1.82, 2.24) is 0 Å². The Bertz CT molecular complexity index is 1120. The average Bonchev–Trinajstić information content (AvgIpc) is 3.14. The number of hydrogen-bond acceptors (Lipinski definition) is 5. The summed E-state index contributed by atoms with van der Waals surface area (Å²) in [5, 5.41) is 1.54. The minimum atomic E-state index is -3.19. The van der Waals surface area contributed by atoms with Gasteiger partial charge in [-0.25, -0.2) is 8.42 Å². The van der Waals surface area contributed by atoms with Crippen molar-refractivity contribution in [2.45, 2.75) is 11.3 Å². The van der Waals surface area contributed by atoms with Gasteiger partial charge in [-0.15, -0.1) is 0 Å². The van der Waals surface area contributed by atoms with E-state index in [1.54, 1.807) is 47.4 Å². The maximum Gasteiger partial charge on any atom is 0.285 e. The van der Waals surface area contributed by atoms with Crippen molar-refractivity contribution < 1.29 is 17.9 Å². The number of carbonyl (C=O) groups is 1. The lowest BCUT2D eigenvalue weighted by Crippen LogP contribution is -2.38. The van der Waals surface area contributed by atoms with E-state index in [1.165, 1.54) is 11.8 Å². The molecule has 2 saturated heterocycles. The number of carbonyl (C=O) groups excluding carboxylic acids is 1. The van der Waals surface area contributed by atoms with Crippen LogP contribution in [0.25, 0.3) is 0 Å². The van der Waals surface area contributed by atoms with Gasteiger partial charge in [0.1, 0.15) is 5.75 Å².